The second kappa shape index (κ2) is 10.0. The van der Waals surface area contributed by atoms with E-state index in [0.29, 0.717) is 23.7 Å². The number of hydrogen-bond donors (Lipinski definition) is 1. The number of hydrogen-bond acceptors (Lipinski definition) is 3. The van der Waals surface area contributed by atoms with Crippen LogP contribution in [-0.2, 0) is 5.54 Å². The molecule has 1 aromatic carbocycles. The molecule has 1 spiro atoms. The van der Waals surface area contributed by atoms with Gasteiger partial charge in [-0.25, -0.2) is 4.79 Å². The Morgan fingerprint density at radius 1 is 1.17 bits per heavy atom. The van der Waals surface area contributed by atoms with E-state index in [1.807, 2.05) is 13.1 Å². The molecule has 0 unspecified atom stereocenters. The predicted molar refractivity (Wildman–Crippen MR) is 137 cm³/mol. The van der Waals surface area contributed by atoms with Gasteiger partial charge in [-0.1, -0.05) is 36.8 Å². The van der Waals surface area contributed by atoms with E-state index in [4.69, 9.17) is 0 Å². The van der Waals surface area contributed by atoms with E-state index >= 15 is 0 Å². The van der Waals surface area contributed by atoms with Gasteiger partial charge in [0.05, 0.1) is 12.1 Å². The lowest BCUT2D eigenvalue weighted by Gasteiger charge is -2.49. The fourth-order valence-electron chi connectivity index (χ4n) is 6.01. The molecule has 8 heteroatoms. The van der Waals surface area contributed by atoms with Crippen molar-refractivity contribution in [1.82, 2.24) is 15.1 Å². The van der Waals surface area contributed by atoms with Gasteiger partial charge in [0, 0.05) is 17.8 Å². The Morgan fingerprint density at radius 3 is 2.31 bits per heavy atom. The molecule has 1 heterocycles. The third kappa shape index (κ3) is 4.84. The molecule has 196 valence electrons. The fourth-order valence-corrected chi connectivity index (χ4v) is 6.01. The Hall–Kier alpha value is -2.61. The average Bonchev–Trinajstić information content (AvgIpc) is 3.10. The van der Waals surface area contributed by atoms with Crippen molar-refractivity contribution in [2.75, 3.05) is 20.1 Å². The number of nitrogens with one attached hydrogen (secondary N) is 1. The number of halogens is 3. The second-order valence-corrected chi connectivity index (χ2v) is 10.7. The first-order valence-electron chi connectivity index (χ1n) is 12.8. The molecule has 0 bridgehead atoms. The third-order valence-electron chi connectivity index (χ3n) is 8.78. The zero-order valence-corrected chi connectivity index (χ0v) is 21.5. The van der Waals surface area contributed by atoms with Crippen molar-refractivity contribution in [3.8, 4) is 0 Å². The molecule has 1 aliphatic heterocycles. The molecule has 0 radical (unpaired) electrons. The van der Waals surface area contributed by atoms with Gasteiger partial charge in [0.25, 0.3) is 0 Å². The first-order chi connectivity index (χ1) is 17.0. The molecule has 5 nitrogen and oxygen atoms in total. The largest absolute Gasteiger partial charge is 0.433 e. The van der Waals surface area contributed by atoms with E-state index in [-0.39, 0.29) is 17.1 Å². The predicted octanol–water partition coefficient (Wildman–Crippen LogP) is 6.39. The van der Waals surface area contributed by atoms with E-state index in [0.717, 1.165) is 51.1 Å². The molecule has 3 fully saturated rings. The van der Waals surface area contributed by atoms with Gasteiger partial charge >= 0.3 is 12.2 Å². The Kier molecular flexibility index (Phi) is 7.37. The van der Waals surface area contributed by atoms with Crippen LogP contribution in [0.3, 0.4) is 0 Å². The standard InChI is InChI=1S/C28H37F3N4O/c1-20(17-24(32-3)28(29,30)31)21(2)34-19-26(35(25(34)36)18-22-9-8-10-22)13-15-27(33-4,16-14-26)23-11-6-5-7-12-23/h5-7,11-12,17,22,33H,3,8-10,13-16,18-19H2,1-2,4H3/b21-20+,24-17-/t26-,27+. The average molecular weight is 503 g/mol. The monoisotopic (exact) mass is 502 g/mol. The molecule has 1 aromatic rings. The van der Waals surface area contributed by atoms with Crippen LogP contribution in [0.15, 0.2) is 58.4 Å². The molecular weight excluding hydrogens is 465 g/mol. The SMILES string of the molecule is C=N/C(=C\C(C)=C(/C)N1C[C@]2(CC[C@@](NC)(c3ccccc3)CC2)N(CC2CCC2)C1=O)C(F)(F)F. The quantitative estimate of drug-likeness (QED) is 0.347. The molecule has 4 rings (SSSR count). The van der Waals surface area contributed by atoms with E-state index in [1.54, 1.807) is 18.7 Å². The van der Waals surface area contributed by atoms with Crippen LogP contribution >= 0.6 is 0 Å². The molecule has 1 N–H and O–H groups in total. The number of nitrogens with zero attached hydrogens (tertiary/aromatic N) is 3. The normalized spacial score (nSPS) is 28.4. The van der Waals surface area contributed by atoms with Crippen molar-refractivity contribution in [2.45, 2.75) is 76.0 Å². The highest BCUT2D eigenvalue weighted by molar-refractivity contribution is 5.80. The zero-order valence-electron chi connectivity index (χ0n) is 21.5. The summed E-state index contributed by atoms with van der Waals surface area (Å²) in [5, 5.41) is 3.57. The molecule has 0 aromatic heterocycles. The lowest BCUT2D eigenvalue weighted by molar-refractivity contribution is -0.0922. The van der Waals surface area contributed by atoms with E-state index in [1.165, 1.54) is 12.0 Å². The van der Waals surface area contributed by atoms with Crippen LogP contribution in [-0.4, -0.2) is 54.4 Å². The van der Waals surface area contributed by atoms with Crippen LogP contribution in [0.2, 0.25) is 0 Å². The number of benzene rings is 1. The van der Waals surface area contributed by atoms with Gasteiger partial charge in [0.2, 0.25) is 0 Å². The van der Waals surface area contributed by atoms with Crippen molar-refractivity contribution >= 4 is 12.7 Å². The number of amides is 2. The van der Waals surface area contributed by atoms with Gasteiger partial charge in [-0.15, -0.1) is 0 Å². The van der Waals surface area contributed by atoms with Gasteiger partial charge < -0.3 is 10.2 Å². The van der Waals surface area contributed by atoms with Crippen molar-refractivity contribution in [3.63, 3.8) is 0 Å². The smallest absolute Gasteiger partial charge is 0.317 e. The maximum absolute atomic E-state index is 13.8. The zero-order chi connectivity index (χ0) is 26.1. The van der Waals surface area contributed by atoms with E-state index in [2.05, 4.69) is 46.2 Å². The van der Waals surface area contributed by atoms with Gasteiger partial charge in [0.15, 0.2) is 0 Å². The number of rotatable bonds is 7. The minimum atomic E-state index is -4.59. The summed E-state index contributed by atoms with van der Waals surface area (Å²) in [5.74, 6) is 0.503. The van der Waals surface area contributed by atoms with Crippen molar-refractivity contribution in [3.05, 3.63) is 58.9 Å². The Balaban J connectivity index is 1.64. The highest BCUT2D eigenvalue weighted by atomic mass is 19.4. The van der Waals surface area contributed by atoms with Gasteiger partial charge in [-0.3, -0.25) is 9.89 Å². The number of alkyl halides is 3. The molecule has 3 aliphatic rings. The van der Waals surface area contributed by atoms with E-state index < -0.39 is 11.9 Å². The summed E-state index contributed by atoms with van der Waals surface area (Å²) in [6.07, 6.45) is 3.28. The Bertz CT molecular complexity index is 1030. The van der Waals surface area contributed by atoms with Crippen molar-refractivity contribution < 1.29 is 18.0 Å². The first-order valence-corrected chi connectivity index (χ1v) is 12.8. The summed E-state index contributed by atoms with van der Waals surface area (Å²) in [4.78, 5) is 20.7. The van der Waals surface area contributed by atoms with Crippen molar-refractivity contribution in [1.29, 1.82) is 0 Å². The van der Waals surface area contributed by atoms with Gasteiger partial charge in [0.1, 0.15) is 5.70 Å². The van der Waals surface area contributed by atoms with Crippen LogP contribution in [0.4, 0.5) is 18.0 Å². The highest BCUT2D eigenvalue weighted by Crippen LogP contribution is 2.48. The first kappa shape index (κ1) is 26.5. The maximum atomic E-state index is 13.8. The van der Waals surface area contributed by atoms with Crippen LogP contribution < -0.4 is 5.32 Å². The molecule has 2 aliphatic carbocycles. The van der Waals surface area contributed by atoms with Gasteiger partial charge in [-0.2, -0.15) is 13.2 Å². The summed E-state index contributed by atoms with van der Waals surface area (Å²) >= 11 is 0. The molecular formula is C28H37F3N4O. The number of aliphatic imine (C=N–C) groups is 1. The van der Waals surface area contributed by atoms with Crippen LogP contribution in [0.5, 0.6) is 0 Å². The minimum absolute atomic E-state index is 0.0936. The van der Waals surface area contributed by atoms with Crippen LogP contribution in [0, 0.1) is 5.92 Å². The van der Waals surface area contributed by atoms with Crippen LogP contribution in [0.25, 0.3) is 0 Å². The summed E-state index contributed by atoms with van der Waals surface area (Å²) in [6.45, 7) is 7.61. The maximum Gasteiger partial charge on any atom is 0.433 e. The molecule has 36 heavy (non-hydrogen) atoms. The summed E-state index contributed by atoms with van der Waals surface area (Å²) in [7, 11) is 2.00. The molecule has 2 saturated carbocycles. The number of urea groups is 1. The molecule has 1 saturated heterocycles. The lowest BCUT2D eigenvalue weighted by Crippen LogP contribution is -2.56. The second-order valence-electron chi connectivity index (χ2n) is 10.7. The van der Waals surface area contributed by atoms with Crippen molar-refractivity contribution in [2.24, 2.45) is 10.9 Å². The molecule has 2 amide bonds. The van der Waals surface area contributed by atoms with Crippen LogP contribution in [0.1, 0.15) is 64.4 Å². The summed E-state index contributed by atoms with van der Waals surface area (Å²) in [5.41, 5.74) is 0.638. The topological polar surface area (TPSA) is 47.9 Å². The Morgan fingerprint density at radius 2 is 1.81 bits per heavy atom. The summed E-state index contributed by atoms with van der Waals surface area (Å²) < 4.78 is 39.8. The molecule has 0 atom stereocenters. The lowest BCUT2D eigenvalue weighted by atomic mass is 9.68. The highest BCUT2D eigenvalue weighted by Gasteiger charge is 2.54. The summed E-state index contributed by atoms with van der Waals surface area (Å²) in [6, 6.07) is 10.3. The van der Waals surface area contributed by atoms with E-state index in [9.17, 15) is 18.0 Å². The fraction of sp³-hybridized carbons (Fsp3) is 0.571. The number of carbonyl (C=O) groups is 1. The number of allylic oxidation sites excluding steroid dienone is 4. The third-order valence-corrected chi connectivity index (χ3v) is 8.78. The number of carbonyl (C=O) groups excluding carboxylic acids is 1. The Labute approximate surface area is 212 Å². The minimum Gasteiger partial charge on any atom is -0.317 e. The van der Waals surface area contributed by atoms with Gasteiger partial charge in [-0.05, 0) is 89.3 Å².